The highest BCUT2D eigenvalue weighted by atomic mass is 19.4. The number of nitrogens with one attached hydrogen (secondary N) is 1. The van der Waals surface area contributed by atoms with Crippen molar-refractivity contribution in [2.24, 2.45) is 0 Å². The molecule has 1 saturated heterocycles. The van der Waals surface area contributed by atoms with Gasteiger partial charge in [-0.3, -0.25) is 14.5 Å². The van der Waals surface area contributed by atoms with Gasteiger partial charge in [0.1, 0.15) is 17.9 Å². The molecule has 1 aliphatic rings. The molecule has 3 amide bonds. The number of carbonyl (C=O) groups is 3. The summed E-state index contributed by atoms with van der Waals surface area (Å²) in [6.07, 6.45) is -4.45. The zero-order valence-corrected chi connectivity index (χ0v) is 17.5. The second-order valence-electron chi connectivity index (χ2n) is 8.00. The number of aromatic nitrogens is 1. The maximum Gasteiger partial charge on any atom is 0.406 e. The van der Waals surface area contributed by atoms with Crippen LogP contribution in [0.1, 0.15) is 34.4 Å². The first-order valence-corrected chi connectivity index (χ1v) is 9.80. The highest BCUT2D eigenvalue weighted by molar-refractivity contribution is 6.11. The van der Waals surface area contributed by atoms with Crippen molar-refractivity contribution < 1.29 is 32.0 Å². The zero-order chi connectivity index (χ0) is 23.4. The van der Waals surface area contributed by atoms with Gasteiger partial charge >= 0.3 is 12.2 Å². The molecule has 0 bridgehead atoms. The summed E-state index contributed by atoms with van der Waals surface area (Å²) in [6, 6.07) is 9.29. The van der Waals surface area contributed by atoms with Crippen LogP contribution in [0.5, 0.6) is 0 Å². The second kappa shape index (κ2) is 7.25. The number of carbonyl (C=O) groups excluding carboxylic acids is 3. The lowest BCUT2D eigenvalue weighted by molar-refractivity contribution is -0.141. The van der Waals surface area contributed by atoms with Crippen molar-refractivity contribution >= 4 is 28.7 Å². The number of urea groups is 1. The summed E-state index contributed by atoms with van der Waals surface area (Å²) in [5.74, 6) is -1.10. The fourth-order valence-corrected chi connectivity index (χ4v) is 3.97. The minimum atomic E-state index is -4.45. The summed E-state index contributed by atoms with van der Waals surface area (Å²) in [4.78, 5) is 39.2. The smallest absolute Gasteiger partial charge is 0.406 e. The number of fused-ring (bicyclic) bond motifs is 1. The minimum absolute atomic E-state index is 0.0321. The van der Waals surface area contributed by atoms with Crippen LogP contribution in [0.2, 0.25) is 0 Å². The lowest BCUT2D eigenvalue weighted by Gasteiger charge is -2.18. The van der Waals surface area contributed by atoms with Gasteiger partial charge in [-0.1, -0.05) is 18.2 Å². The van der Waals surface area contributed by atoms with E-state index < -0.39 is 42.5 Å². The standard InChI is InChI=1S/C22H20F3N3O4/c1-12-8-15(13(2)28(12)11-22(23,24)25)16(29)10-27-19(30)21(3,26-20(27)31)18-9-14-6-4-5-7-17(14)32-18/h4-9H,10-11H2,1-3H3,(H,26,31). The minimum Gasteiger partial charge on any atom is -0.458 e. The third kappa shape index (κ3) is 3.55. The number of rotatable bonds is 5. The predicted molar refractivity (Wildman–Crippen MR) is 108 cm³/mol. The molecule has 1 aromatic carbocycles. The van der Waals surface area contributed by atoms with E-state index in [1.807, 2.05) is 0 Å². The number of amides is 3. The molecule has 168 valence electrons. The van der Waals surface area contributed by atoms with Crippen LogP contribution in [-0.4, -0.2) is 39.9 Å². The number of para-hydroxylation sites is 1. The first-order valence-electron chi connectivity index (χ1n) is 9.80. The molecule has 3 heterocycles. The number of halogens is 3. The van der Waals surface area contributed by atoms with Crippen LogP contribution < -0.4 is 5.32 Å². The molecular weight excluding hydrogens is 427 g/mol. The quantitative estimate of drug-likeness (QED) is 0.472. The number of alkyl halides is 3. The lowest BCUT2D eigenvalue weighted by Crippen LogP contribution is -2.41. The third-order valence-electron chi connectivity index (χ3n) is 5.71. The molecule has 1 unspecified atom stereocenters. The normalized spacial score (nSPS) is 19.1. The Hall–Kier alpha value is -3.56. The number of Topliss-reactive ketones (excluding diaryl/α,β-unsaturated/α-hetero) is 1. The maximum absolute atomic E-state index is 13.1. The van der Waals surface area contributed by atoms with Crippen molar-refractivity contribution in [1.82, 2.24) is 14.8 Å². The molecule has 1 fully saturated rings. The SMILES string of the molecule is Cc1cc(C(=O)CN2C(=O)NC(C)(c3cc4ccccc4o3)C2=O)c(C)n1CC(F)(F)F. The van der Waals surface area contributed by atoms with Crippen molar-refractivity contribution in [3.05, 3.63) is 59.1 Å². The van der Waals surface area contributed by atoms with Crippen molar-refractivity contribution in [3.63, 3.8) is 0 Å². The van der Waals surface area contributed by atoms with E-state index in [4.69, 9.17) is 4.42 Å². The first kappa shape index (κ1) is 21.7. The Morgan fingerprint density at radius 2 is 1.84 bits per heavy atom. The van der Waals surface area contributed by atoms with E-state index in [0.29, 0.717) is 5.58 Å². The lowest BCUT2D eigenvalue weighted by atomic mass is 9.98. The average Bonchev–Trinajstić information content (AvgIpc) is 3.33. The number of ketones is 1. The summed E-state index contributed by atoms with van der Waals surface area (Å²) in [5, 5.41) is 3.31. The molecule has 32 heavy (non-hydrogen) atoms. The van der Waals surface area contributed by atoms with E-state index in [1.165, 1.54) is 26.8 Å². The Labute approximate surface area is 180 Å². The van der Waals surface area contributed by atoms with E-state index in [-0.39, 0.29) is 22.7 Å². The van der Waals surface area contributed by atoms with Gasteiger partial charge < -0.3 is 14.3 Å². The molecule has 3 aromatic rings. The molecule has 0 radical (unpaired) electrons. The summed E-state index contributed by atoms with van der Waals surface area (Å²) >= 11 is 0. The maximum atomic E-state index is 13.1. The van der Waals surface area contributed by atoms with Crippen LogP contribution in [0.4, 0.5) is 18.0 Å². The first-order chi connectivity index (χ1) is 14.9. The molecule has 0 spiro atoms. The predicted octanol–water partition coefficient (Wildman–Crippen LogP) is 4.06. The Morgan fingerprint density at radius 3 is 2.50 bits per heavy atom. The number of hydrogen-bond acceptors (Lipinski definition) is 4. The molecule has 1 atom stereocenters. The van der Waals surface area contributed by atoms with Crippen LogP contribution in [-0.2, 0) is 16.9 Å². The van der Waals surface area contributed by atoms with E-state index in [2.05, 4.69) is 5.32 Å². The monoisotopic (exact) mass is 447 g/mol. The fraction of sp³-hybridized carbons (Fsp3) is 0.318. The van der Waals surface area contributed by atoms with E-state index in [9.17, 15) is 27.6 Å². The molecule has 0 saturated carbocycles. The molecule has 4 rings (SSSR count). The fourth-order valence-electron chi connectivity index (χ4n) is 3.97. The van der Waals surface area contributed by atoms with Gasteiger partial charge in [-0.2, -0.15) is 13.2 Å². The van der Waals surface area contributed by atoms with Crippen molar-refractivity contribution in [2.75, 3.05) is 6.54 Å². The summed E-state index contributed by atoms with van der Waals surface area (Å²) in [7, 11) is 0. The number of benzene rings is 1. The van der Waals surface area contributed by atoms with E-state index in [1.54, 1.807) is 30.3 Å². The molecule has 0 aliphatic carbocycles. The van der Waals surface area contributed by atoms with Crippen LogP contribution in [0.3, 0.4) is 0 Å². The summed E-state index contributed by atoms with van der Waals surface area (Å²) in [6.45, 7) is 2.50. The summed E-state index contributed by atoms with van der Waals surface area (Å²) < 4.78 is 45.3. The van der Waals surface area contributed by atoms with Crippen LogP contribution in [0.15, 0.2) is 40.8 Å². The molecular formula is C22H20F3N3O4. The Bertz CT molecular complexity index is 1220. The van der Waals surface area contributed by atoms with Crippen molar-refractivity contribution in [3.8, 4) is 0 Å². The number of nitrogens with zero attached hydrogens (tertiary/aromatic N) is 2. The highest BCUT2D eigenvalue weighted by Gasteiger charge is 2.51. The second-order valence-corrected chi connectivity index (χ2v) is 8.00. The summed E-state index contributed by atoms with van der Waals surface area (Å²) in [5.41, 5.74) is -0.560. The van der Waals surface area contributed by atoms with Gasteiger partial charge in [0.15, 0.2) is 11.3 Å². The molecule has 1 aliphatic heterocycles. The van der Waals surface area contributed by atoms with Crippen LogP contribution in [0.25, 0.3) is 11.0 Å². The number of aryl methyl sites for hydroxylation is 1. The van der Waals surface area contributed by atoms with Gasteiger partial charge in [0.05, 0.1) is 6.54 Å². The van der Waals surface area contributed by atoms with Crippen molar-refractivity contribution in [2.45, 2.75) is 39.0 Å². The Balaban J connectivity index is 1.59. The topological polar surface area (TPSA) is 84.6 Å². The van der Waals surface area contributed by atoms with Gasteiger partial charge in [-0.15, -0.1) is 0 Å². The molecule has 10 heteroatoms. The van der Waals surface area contributed by atoms with Gasteiger partial charge in [-0.05, 0) is 39.0 Å². The molecule has 2 aromatic heterocycles. The average molecular weight is 447 g/mol. The third-order valence-corrected chi connectivity index (χ3v) is 5.71. The van der Waals surface area contributed by atoms with Crippen molar-refractivity contribution in [1.29, 1.82) is 0 Å². The van der Waals surface area contributed by atoms with E-state index in [0.717, 1.165) is 14.9 Å². The number of hydrogen-bond donors (Lipinski definition) is 1. The Morgan fingerprint density at radius 1 is 1.16 bits per heavy atom. The number of imide groups is 1. The van der Waals surface area contributed by atoms with Crippen LogP contribution >= 0.6 is 0 Å². The van der Waals surface area contributed by atoms with Gasteiger partial charge in [0.25, 0.3) is 5.91 Å². The molecule has 7 nitrogen and oxygen atoms in total. The van der Waals surface area contributed by atoms with Gasteiger partial charge in [0.2, 0.25) is 0 Å². The van der Waals surface area contributed by atoms with Gasteiger partial charge in [-0.25, -0.2) is 4.79 Å². The van der Waals surface area contributed by atoms with Crippen LogP contribution in [0, 0.1) is 13.8 Å². The highest BCUT2D eigenvalue weighted by Crippen LogP contribution is 2.33. The van der Waals surface area contributed by atoms with E-state index >= 15 is 0 Å². The number of furan rings is 1. The molecule has 1 N–H and O–H groups in total. The Kier molecular flexibility index (Phi) is 4.91. The largest absolute Gasteiger partial charge is 0.458 e. The van der Waals surface area contributed by atoms with Gasteiger partial charge in [0, 0.05) is 22.3 Å². The zero-order valence-electron chi connectivity index (χ0n) is 17.5.